The number of carboxylic acids is 1. The van der Waals surface area contributed by atoms with Gasteiger partial charge in [0.2, 0.25) is 0 Å². The molecule has 0 unspecified atom stereocenters. The van der Waals surface area contributed by atoms with E-state index in [-0.39, 0.29) is 0 Å². The number of aliphatic carboxylic acids is 1. The van der Waals surface area contributed by atoms with Gasteiger partial charge in [-0.05, 0) is 48.6 Å². The van der Waals surface area contributed by atoms with Crippen LogP contribution in [0.5, 0.6) is 0 Å². The summed E-state index contributed by atoms with van der Waals surface area (Å²) in [6.45, 7) is 5.81. The van der Waals surface area contributed by atoms with Crippen molar-refractivity contribution in [2.75, 3.05) is 11.4 Å². The molecule has 1 N–H and O–H groups in total. The molecule has 4 nitrogen and oxygen atoms in total. The second-order valence-corrected chi connectivity index (χ2v) is 5.71. The third-order valence-corrected chi connectivity index (χ3v) is 3.96. The van der Waals surface area contributed by atoms with Crippen LogP contribution in [-0.4, -0.2) is 22.6 Å². The van der Waals surface area contributed by atoms with E-state index >= 15 is 0 Å². The second-order valence-electron chi connectivity index (χ2n) is 4.67. The van der Waals surface area contributed by atoms with Crippen LogP contribution in [0.4, 0.5) is 5.82 Å². The van der Waals surface area contributed by atoms with Crippen molar-refractivity contribution in [3.8, 4) is 0 Å². The molecule has 0 fully saturated rings. The summed E-state index contributed by atoms with van der Waals surface area (Å²) in [4.78, 5) is 18.5. The molecule has 21 heavy (non-hydrogen) atoms. The summed E-state index contributed by atoms with van der Waals surface area (Å²) < 4.78 is 0. The van der Waals surface area contributed by atoms with Gasteiger partial charge in [0.05, 0.1) is 6.54 Å². The van der Waals surface area contributed by atoms with Crippen molar-refractivity contribution in [3.63, 3.8) is 0 Å². The molecule has 0 aromatic carbocycles. The Bertz CT molecular complexity index is 636. The lowest BCUT2D eigenvalue weighted by Crippen LogP contribution is -2.23. The number of hydrogen-bond acceptors (Lipinski definition) is 4. The highest BCUT2D eigenvalue weighted by atomic mass is 32.1. The maximum absolute atomic E-state index is 10.5. The van der Waals surface area contributed by atoms with Gasteiger partial charge in [-0.2, -0.15) is 0 Å². The number of pyridine rings is 1. The minimum absolute atomic E-state index is 0.797. The Balaban J connectivity index is 2.20. The van der Waals surface area contributed by atoms with Crippen molar-refractivity contribution in [2.45, 2.75) is 20.4 Å². The highest BCUT2D eigenvalue weighted by Gasteiger charge is 2.10. The number of aryl methyl sites for hydroxylation is 1. The van der Waals surface area contributed by atoms with Crippen molar-refractivity contribution in [1.82, 2.24) is 4.98 Å². The molecule has 0 aliphatic carbocycles. The van der Waals surface area contributed by atoms with Gasteiger partial charge in [0, 0.05) is 23.7 Å². The lowest BCUT2D eigenvalue weighted by Gasteiger charge is -2.23. The van der Waals surface area contributed by atoms with Crippen LogP contribution in [0.3, 0.4) is 0 Å². The van der Waals surface area contributed by atoms with Crippen LogP contribution in [0.15, 0.2) is 35.9 Å². The van der Waals surface area contributed by atoms with E-state index in [1.54, 1.807) is 23.6 Å². The van der Waals surface area contributed by atoms with E-state index in [1.165, 1.54) is 4.88 Å². The SMILES string of the molecule is CCN(Cc1cccs1)c1ncc(/C=C/C(=O)O)cc1C. The molecule has 2 rings (SSSR count). The van der Waals surface area contributed by atoms with Crippen molar-refractivity contribution < 1.29 is 9.90 Å². The maximum Gasteiger partial charge on any atom is 0.328 e. The van der Waals surface area contributed by atoms with Gasteiger partial charge >= 0.3 is 5.97 Å². The number of carboxylic acid groups (broad SMARTS) is 1. The molecule has 0 spiro atoms. The predicted octanol–water partition coefficient (Wildman–Crippen LogP) is 3.58. The van der Waals surface area contributed by atoms with Crippen LogP contribution in [0.1, 0.15) is 22.9 Å². The van der Waals surface area contributed by atoms with Crippen LogP contribution in [0.2, 0.25) is 0 Å². The van der Waals surface area contributed by atoms with Crippen LogP contribution >= 0.6 is 11.3 Å². The number of nitrogens with zero attached hydrogens (tertiary/aromatic N) is 2. The quantitative estimate of drug-likeness (QED) is 0.829. The fourth-order valence-corrected chi connectivity index (χ4v) is 2.83. The zero-order chi connectivity index (χ0) is 15.2. The summed E-state index contributed by atoms with van der Waals surface area (Å²) in [5.74, 6) is -0.0111. The van der Waals surface area contributed by atoms with Crippen molar-refractivity contribution in [3.05, 3.63) is 51.9 Å². The van der Waals surface area contributed by atoms with E-state index in [9.17, 15) is 4.79 Å². The first-order chi connectivity index (χ1) is 10.1. The Morgan fingerprint density at radius 3 is 2.90 bits per heavy atom. The average Bonchev–Trinajstić information content (AvgIpc) is 2.96. The molecular formula is C16H18N2O2S. The third kappa shape index (κ3) is 4.16. The number of anilines is 1. The molecule has 2 aromatic rings. The summed E-state index contributed by atoms with van der Waals surface area (Å²) in [6, 6.07) is 6.12. The zero-order valence-corrected chi connectivity index (χ0v) is 12.9. The highest BCUT2D eigenvalue weighted by Crippen LogP contribution is 2.22. The van der Waals surface area contributed by atoms with Gasteiger partial charge in [-0.25, -0.2) is 9.78 Å². The standard InChI is InChI=1S/C16H18N2O2S/c1-3-18(11-14-5-4-8-21-14)16-12(2)9-13(10-17-16)6-7-15(19)20/h4-10H,3,11H2,1-2H3,(H,19,20)/b7-6+. The Morgan fingerprint density at radius 2 is 2.33 bits per heavy atom. The topological polar surface area (TPSA) is 53.4 Å². The first kappa shape index (κ1) is 15.3. The zero-order valence-electron chi connectivity index (χ0n) is 12.1. The third-order valence-electron chi connectivity index (χ3n) is 3.10. The fraction of sp³-hybridized carbons (Fsp3) is 0.250. The van der Waals surface area contributed by atoms with Crippen LogP contribution in [-0.2, 0) is 11.3 Å². The summed E-state index contributed by atoms with van der Waals surface area (Å²) in [7, 11) is 0. The van der Waals surface area contributed by atoms with Crippen molar-refractivity contribution in [2.24, 2.45) is 0 Å². The van der Waals surface area contributed by atoms with E-state index in [4.69, 9.17) is 5.11 Å². The monoisotopic (exact) mass is 302 g/mol. The number of thiophene rings is 1. The Kier molecular flexibility index (Phi) is 5.11. The maximum atomic E-state index is 10.5. The Hall–Kier alpha value is -2.14. The van der Waals surface area contributed by atoms with Gasteiger partial charge < -0.3 is 10.0 Å². The first-order valence-electron chi connectivity index (χ1n) is 6.75. The van der Waals surface area contributed by atoms with E-state index in [2.05, 4.69) is 28.3 Å². The number of rotatable bonds is 6. The molecule has 0 radical (unpaired) electrons. The molecule has 5 heteroatoms. The molecule has 0 saturated heterocycles. The minimum Gasteiger partial charge on any atom is -0.478 e. The Morgan fingerprint density at radius 1 is 1.52 bits per heavy atom. The molecule has 110 valence electrons. The lowest BCUT2D eigenvalue weighted by molar-refractivity contribution is -0.131. The molecule has 0 bridgehead atoms. The lowest BCUT2D eigenvalue weighted by atomic mass is 10.2. The normalized spacial score (nSPS) is 11.0. The van der Waals surface area contributed by atoms with Crippen molar-refractivity contribution >= 4 is 29.2 Å². The van der Waals surface area contributed by atoms with Crippen LogP contribution < -0.4 is 4.90 Å². The van der Waals surface area contributed by atoms with Gasteiger partial charge in [-0.15, -0.1) is 11.3 Å². The number of carbonyl (C=O) groups is 1. The van der Waals surface area contributed by atoms with Gasteiger partial charge in [0.25, 0.3) is 0 Å². The summed E-state index contributed by atoms with van der Waals surface area (Å²) in [5, 5.41) is 10.7. The van der Waals surface area contributed by atoms with E-state index < -0.39 is 5.97 Å². The number of aromatic nitrogens is 1. The van der Waals surface area contributed by atoms with Gasteiger partial charge in [0.15, 0.2) is 0 Å². The molecule has 0 aliphatic rings. The van der Waals surface area contributed by atoms with Gasteiger partial charge in [-0.1, -0.05) is 6.07 Å². The minimum atomic E-state index is -0.954. The summed E-state index contributed by atoms with van der Waals surface area (Å²) in [6.07, 6.45) is 4.39. The molecule has 0 atom stereocenters. The van der Waals surface area contributed by atoms with Crippen molar-refractivity contribution in [1.29, 1.82) is 0 Å². The summed E-state index contributed by atoms with van der Waals surface area (Å²) in [5.41, 5.74) is 1.84. The average molecular weight is 302 g/mol. The van der Waals surface area contributed by atoms with Crippen LogP contribution in [0.25, 0.3) is 6.08 Å². The second kappa shape index (κ2) is 7.04. The number of hydrogen-bond donors (Lipinski definition) is 1. The first-order valence-corrected chi connectivity index (χ1v) is 7.63. The summed E-state index contributed by atoms with van der Waals surface area (Å²) >= 11 is 1.74. The van der Waals surface area contributed by atoms with E-state index in [0.29, 0.717) is 0 Å². The van der Waals surface area contributed by atoms with E-state index in [0.717, 1.165) is 36.1 Å². The predicted molar refractivity (Wildman–Crippen MR) is 86.7 cm³/mol. The van der Waals surface area contributed by atoms with E-state index in [1.807, 2.05) is 19.1 Å². The highest BCUT2D eigenvalue weighted by molar-refractivity contribution is 7.09. The Labute approximate surface area is 128 Å². The fourth-order valence-electron chi connectivity index (χ4n) is 2.11. The molecule has 0 saturated carbocycles. The molecule has 0 aliphatic heterocycles. The molecule has 0 amide bonds. The molecule has 2 aromatic heterocycles. The smallest absolute Gasteiger partial charge is 0.328 e. The molecular weight excluding hydrogens is 284 g/mol. The van der Waals surface area contributed by atoms with Crippen LogP contribution in [0, 0.1) is 6.92 Å². The van der Waals surface area contributed by atoms with Gasteiger partial charge in [0.1, 0.15) is 5.82 Å². The molecule has 2 heterocycles. The largest absolute Gasteiger partial charge is 0.478 e. The van der Waals surface area contributed by atoms with Gasteiger partial charge in [-0.3, -0.25) is 0 Å².